The molecule has 1 N–H and O–H groups in total. The van der Waals surface area contributed by atoms with Gasteiger partial charge in [0.15, 0.2) is 10.3 Å². The van der Waals surface area contributed by atoms with Crippen LogP contribution in [0.5, 0.6) is 0 Å². The molecule has 0 saturated heterocycles. The van der Waals surface area contributed by atoms with Gasteiger partial charge in [-0.3, -0.25) is 0 Å². The molecule has 0 spiro atoms. The summed E-state index contributed by atoms with van der Waals surface area (Å²) in [6.07, 6.45) is 2.49. The standard InChI is InChI=1S/C16H17N5S2/c1-21-14(11-7-8-11)19-20-16(21)23-10-13-9-22-15(18-13)17-12-5-3-2-4-6-12/h2-6,9,11H,7-8,10H2,1H3,(H,17,18). The van der Waals surface area contributed by atoms with E-state index in [-0.39, 0.29) is 0 Å². The van der Waals surface area contributed by atoms with Crippen LogP contribution >= 0.6 is 23.1 Å². The lowest BCUT2D eigenvalue weighted by Gasteiger charge is -2.02. The predicted molar refractivity (Wildman–Crippen MR) is 94.4 cm³/mol. The van der Waals surface area contributed by atoms with Crippen molar-refractivity contribution >= 4 is 33.9 Å². The fourth-order valence-corrected chi connectivity index (χ4v) is 4.01. The molecule has 4 rings (SSSR count). The van der Waals surface area contributed by atoms with Crippen LogP contribution in [-0.2, 0) is 12.8 Å². The zero-order chi connectivity index (χ0) is 15.6. The lowest BCUT2D eigenvalue weighted by molar-refractivity contribution is 0.736. The molecule has 0 atom stereocenters. The first-order valence-corrected chi connectivity index (χ1v) is 9.44. The van der Waals surface area contributed by atoms with Crippen LogP contribution in [0.15, 0.2) is 40.9 Å². The molecular formula is C16H17N5S2. The zero-order valence-electron chi connectivity index (χ0n) is 12.8. The van der Waals surface area contributed by atoms with Gasteiger partial charge in [0.25, 0.3) is 0 Å². The molecule has 0 bridgehead atoms. The van der Waals surface area contributed by atoms with Crippen LogP contribution in [0.2, 0.25) is 0 Å². The largest absolute Gasteiger partial charge is 0.332 e. The van der Waals surface area contributed by atoms with Crippen molar-refractivity contribution in [1.82, 2.24) is 19.7 Å². The first-order chi connectivity index (χ1) is 11.3. The summed E-state index contributed by atoms with van der Waals surface area (Å²) in [5.74, 6) is 2.56. The van der Waals surface area contributed by atoms with Crippen LogP contribution in [0.25, 0.3) is 0 Å². The van der Waals surface area contributed by atoms with Gasteiger partial charge < -0.3 is 9.88 Å². The van der Waals surface area contributed by atoms with Gasteiger partial charge in [0, 0.05) is 29.8 Å². The van der Waals surface area contributed by atoms with Crippen LogP contribution in [0, 0.1) is 0 Å². The second kappa shape index (κ2) is 6.33. The number of thiazole rings is 1. The van der Waals surface area contributed by atoms with Gasteiger partial charge in [0.05, 0.1) is 5.69 Å². The highest BCUT2D eigenvalue weighted by Crippen LogP contribution is 2.39. The van der Waals surface area contributed by atoms with E-state index >= 15 is 0 Å². The van der Waals surface area contributed by atoms with Crippen molar-refractivity contribution in [2.45, 2.75) is 29.7 Å². The Morgan fingerprint density at radius 2 is 2.09 bits per heavy atom. The third kappa shape index (κ3) is 3.40. The summed E-state index contributed by atoms with van der Waals surface area (Å²) in [5, 5.41) is 15.9. The Bertz CT molecular complexity index is 792. The number of hydrogen-bond donors (Lipinski definition) is 1. The molecule has 0 amide bonds. The third-order valence-electron chi connectivity index (χ3n) is 3.74. The van der Waals surface area contributed by atoms with Gasteiger partial charge in [-0.2, -0.15) is 0 Å². The van der Waals surface area contributed by atoms with Crippen molar-refractivity contribution < 1.29 is 0 Å². The maximum absolute atomic E-state index is 4.63. The first kappa shape index (κ1) is 14.7. The maximum Gasteiger partial charge on any atom is 0.191 e. The second-order valence-electron chi connectivity index (χ2n) is 5.60. The number of para-hydroxylation sites is 1. The average Bonchev–Trinajstić information content (AvgIpc) is 3.21. The molecular weight excluding hydrogens is 326 g/mol. The van der Waals surface area contributed by atoms with Crippen molar-refractivity contribution in [3.63, 3.8) is 0 Å². The van der Waals surface area contributed by atoms with Crippen molar-refractivity contribution in [2.75, 3.05) is 5.32 Å². The Hall–Kier alpha value is -1.86. The Balaban J connectivity index is 1.38. The van der Waals surface area contributed by atoms with Crippen LogP contribution in [-0.4, -0.2) is 19.7 Å². The molecule has 5 nitrogen and oxygen atoms in total. The summed E-state index contributed by atoms with van der Waals surface area (Å²) >= 11 is 3.32. The molecule has 1 aliphatic rings. The lowest BCUT2D eigenvalue weighted by Crippen LogP contribution is -1.97. The Morgan fingerprint density at radius 3 is 2.87 bits per heavy atom. The number of hydrogen-bond acceptors (Lipinski definition) is 6. The molecule has 0 unspecified atom stereocenters. The topological polar surface area (TPSA) is 55.6 Å². The fourth-order valence-electron chi connectivity index (χ4n) is 2.36. The third-order valence-corrected chi connectivity index (χ3v) is 5.60. The van der Waals surface area contributed by atoms with Gasteiger partial charge in [-0.1, -0.05) is 30.0 Å². The Labute approximate surface area is 143 Å². The van der Waals surface area contributed by atoms with E-state index in [0.29, 0.717) is 5.92 Å². The summed E-state index contributed by atoms with van der Waals surface area (Å²) in [7, 11) is 2.05. The second-order valence-corrected chi connectivity index (χ2v) is 7.40. The smallest absolute Gasteiger partial charge is 0.191 e. The van der Waals surface area contributed by atoms with Crippen LogP contribution in [0.3, 0.4) is 0 Å². The molecule has 118 valence electrons. The van der Waals surface area contributed by atoms with Gasteiger partial charge in [0.2, 0.25) is 0 Å². The zero-order valence-corrected chi connectivity index (χ0v) is 14.4. The summed E-state index contributed by atoms with van der Waals surface area (Å²) in [4.78, 5) is 4.63. The molecule has 2 aromatic heterocycles. The summed E-state index contributed by atoms with van der Waals surface area (Å²) in [6, 6.07) is 10.1. The maximum atomic E-state index is 4.63. The van der Waals surface area contributed by atoms with E-state index in [9.17, 15) is 0 Å². The van der Waals surface area contributed by atoms with Crippen molar-refractivity contribution in [1.29, 1.82) is 0 Å². The van der Waals surface area contributed by atoms with Crippen LogP contribution in [0.4, 0.5) is 10.8 Å². The van der Waals surface area contributed by atoms with E-state index in [1.165, 1.54) is 12.8 Å². The molecule has 1 saturated carbocycles. The molecule has 7 heteroatoms. The fraction of sp³-hybridized carbons (Fsp3) is 0.312. The van der Waals surface area contributed by atoms with E-state index in [4.69, 9.17) is 0 Å². The van der Waals surface area contributed by atoms with E-state index in [2.05, 4.69) is 37.5 Å². The minimum Gasteiger partial charge on any atom is -0.332 e. The van der Waals surface area contributed by atoms with Crippen LogP contribution in [0.1, 0.15) is 30.3 Å². The summed E-state index contributed by atoms with van der Waals surface area (Å²) < 4.78 is 2.12. The molecule has 2 heterocycles. The number of thioether (sulfide) groups is 1. The Morgan fingerprint density at radius 1 is 1.26 bits per heavy atom. The highest BCUT2D eigenvalue weighted by Gasteiger charge is 2.29. The first-order valence-electron chi connectivity index (χ1n) is 7.58. The number of nitrogens with zero attached hydrogens (tertiary/aromatic N) is 4. The minimum atomic E-state index is 0.628. The predicted octanol–water partition coefficient (Wildman–Crippen LogP) is 4.18. The molecule has 1 fully saturated rings. The summed E-state index contributed by atoms with van der Waals surface area (Å²) in [6.45, 7) is 0. The molecule has 1 aliphatic carbocycles. The molecule has 0 radical (unpaired) electrons. The van der Waals surface area contributed by atoms with Gasteiger partial charge in [-0.05, 0) is 25.0 Å². The van der Waals surface area contributed by atoms with Crippen molar-refractivity contribution in [2.24, 2.45) is 7.05 Å². The number of rotatable bonds is 6. The number of nitrogens with one attached hydrogen (secondary N) is 1. The van der Waals surface area contributed by atoms with Crippen molar-refractivity contribution in [3.05, 3.63) is 47.2 Å². The number of benzene rings is 1. The van der Waals surface area contributed by atoms with Crippen molar-refractivity contribution in [3.8, 4) is 0 Å². The normalized spacial score (nSPS) is 14.1. The highest BCUT2D eigenvalue weighted by molar-refractivity contribution is 7.98. The molecule has 3 aromatic rings. The highest BCUT2D eigenvalue weighted by atomic mass is 32.2. The molecule has 1 aromatic carbocycles. The van der Waals surface area contributed by atoms with E-state index in [1.807, 2.05) is 30.3 Å². The minimum absolute atomic E-state index is 0.628. The lowest BCUT2D eigenvalue weighted by atomic mass is 10.3. The quantitative estimate of drug-likeness (QED) is 0.680. The number of aromatic nitrogens is 4. The van der Waals surface area contributed by atoms with Crippen LogP contribution < -0.4 is 5.32 Å². The van der Waals surface area contributed by atoms with Gasteiger partial charge in [-0.15, -0.1) is 21.5 Å². The van der Waals surface area contributed by atoms with E-state index < -0.39 is 0 Å². The van der Waals surface area contributed by atoms with Gasteiger partial charge >= 0.3 is 0 Å². The monoisotopic (exact) mass is 343 g/mol. The Kier molecular flexibility index (Phi) is 4.05. The molecule has 23 heavy (non-hydrogen) atoms. The van der Waals surface area contributed by atoms with E-state index in [0.717, 1.165) is 33.2 Å². The summed E-state index contributed by atoms with van der Waals surface area (Å²) in [5.41, 5.74) is 2.12. The number of anilines is 2. The average molecular weight is 343 g/mol. The van der Waals surface area contributed by atoms with Gasteiger partial charge in [-0.25, -0.2) is 4.98 Å². The van der Waals surface area contributed by atoms with Gasteiger partial charge in [0.1, 0.15) is 5.82 Å². The SMILES string of the molecule is Cn1c(SCc2csc(Nc3ccccc3)n2)nnc1C1CC1. The molecule has 0 aliphatic heterocycles. The van der Waals surface area contributed by atoms with E-state index in [1.54, 1.807) is 23.1 Å².